The monoisotopic (exact) mass is 272 g/mol. The van der Waals surface area contributed by atoms with Gasteiger partial charge >= 0.3 is 0 Å². The normalized spacial score (nSPS) is 12.6. The molecule has 1 N–H and O–H groups in total. The summed E-state index contributed by atoms with van der Waals surface area (Å²) in [5.74, 6) is 0. The molecule has 0 fully saturated rings. The number of nitrogens with zero attached hydrogens (tertiary/aromatic N) is 3. The van der Waals surface area contributed by atoms with Crippen LogP contribution in [-0.4, -0.2) is 21.8 Å². The molecular weight excluding hydrogens is 248 g/mol. The Hall–Kier alpha value is -1.68. The summed E-state index contributed by atoms with van der Waals surface area (Å²) in [5.41, 5.74) is 5.02. The second-order valence-electron chi connectivity index (χ2n) is 5.07. The Bertz CT molecular complexity index is 559. The third-order valence-electron chi connectivity index (χ3n) is 3.74. The van der Waals surface area contributed by atoms with E-state index < -0.39 is 0 Å². The molecule has 0 saturated carbocycles. The van der Waals surface area contributed by atoms with Gasteiger partial charge in [0.1, 0.15) is 0 Å². The highest BCUT2D eigenvalue weighted by molar-refractivity contribution is 5.28. The number of hydrogen-bond donors (Lipinski definition) is 1. The Labute approximate surface area is 121 Å². The Morgan fingerprint density at radius 1 is 1.35 bits per heavy atom. The fourth-order valence-electron chi connectivity index (χ4n) is 2.69. The molecule has 4 nitrogen and oxygen atoms in total. The van der Waals surface area contributed by atoms with Crippen LogP contribution in [0.4, 0.5) is 0 Å². The van der Waals surface area contributed by atoms with Gasteiger partial charge in [0.15, 0.2) is 0 Å². The molecule has 1 unspecified atom stereocenters. The van der Waals surface area contributed by atoms with Gasteiger partial charge in [-0.05, 0) is 50.6 Å². The van der Waals surface area contributed by atoms with Gasteiger partial charge in [0.2, 0.25) is 0 Å². The van der Waals surface area contributed by atoms with E-state index in [9.17, 15) is 0 Å². The molecule has 2 aromatic heterocycles. The van der Waals surface area contributed by atoms with Crippen LogP contribution >= 0.6 is 0 Å². The van der Waals surface area contributed by atoms with E-state index in [4.69, 9.17) is 0 Å². The topological polar surface area (TPSA) is 42.7 Å². The molecule has 0 saturated heterocycles. The van der Waals surface area contributed by atoms with Crippen molar-refractivity contribution in [3.8, 4) is 0 Å². The van der Waals surface area contributed by atoms with Crippen molar-refractivity contribution < 1.29 is 0 Å². The molecule has 0 aromatic carbocycles. The van der Waals surface area contributed by atoms with Crippen molar-refractivity contribution in [3.63, 3.8) is 0 Å². The van der Waals surface area contributed by atoms with Gasteiger partial charge in [0.25, 0.3) is 0 Å². The molecule has 0 radical (unpaired) electrons. The summed E-state index contributed by atoms with van der Waals surface area (Å²) in [6.45, 7) is 7.27. The molecule has 2 rings (SSSR count). The number of aryl methyl sites for hydroxylation is 3. The first-order chi connectivity index (χ1) is 9.69. The Morgan fingerprint density at radius 2 is 2.15 bits per heavy atom. The molecule has 0 aliphatic heterocycles. The van der Waals surface area contributed by atoms with Crippen LogP contribution in [0.2, 0.25) is 0 Å². The predicted octanol–water partition coefficient (Wildman–Crippen LogP) is 2.67. The third-order valence-corrected chi connectivity index (χ3v) is 3.74. The number of likely N-dealkylation sites (N-methyl/N-ethyl adjacent to an activating group) is 1. The highest BCUT2D eigenvalue weighted by Crippen LogP contribution is 2.22. The summed E-state index contributed by atoms with van der Waals surface area (Å²) in [6, 6.07) is 4.61. The third kappa shape index (κ3) is 3.07. The first-order valence-electron chi connectivity index (χ1n) is 7.32. The van der Waals surface area contributed by atoms with Crippen LogP contribution in [0, 0.1) is 6.92 Å². The van der Waals surface area contributed by atoms with Gasteiger partial charge in [-0.15, -0.1) is 0 Å². The molecule has 4 heteroatoms. The SMILES string of the molecule is CCc1cnccc1C(Cc1cc(C)nn1CC)NC. The van der Waals surface area contributed by atoms with Crippen molar-refractivity contribution >= 4 is 0 Å². The smallest absolute Gasteiger partial charge is 0.0596 e. The predicted molar refractivity (Wildman–Crippen MR) is 81.8 cm³/mol. The summed E-state index contributed by atoms with van der Waals surface area (Å²) < 4.78 is 2.09. The highest BCUT2D eigenvalue weighted by atomic mass is 15.3. The van der Waals surface area contributed by atoms with Crippen LogP contribution in [0.25, 0.3) is 0 Å². The zero-order valence-electron chi connectivity index (χ0n) is 12.8. The Morgan fingerprint density at radius 3 is 2.80 bits per heavy atom. The molecule has 0 aliphatic rings. The number of pyridine rings is 1. The minimum absolute atomic E-state index is 0.300. The molecule has 0 amide bonds. The van der Waals surface area contributed by atoms with Gasteiger partial charge in [0.05, 0.1) is 5.69 Å². The average Bonchev–Trinajstić information content (AvgIpc) is 2.84. The fraction of sp³-hybridized carbons (Fsp3) is 0.500. The lowest BCUT2D eigenvalue weighted by atomic mass is 9.97. The first kappa shape index (κ1) is 14.7. The lowest BCUT2D eigenvalue weighted by Crippen LogP contribution is -2.22. The Balaban J connectivity index is 2.28. The van der Waals surface area contributed by atoms with Crippen molar-refractivity contribution in [3.05, 3.63) is 47.0 Å². The quantitative estimate of drug-likeness (QED) is 0.879. The molecule has 1 atom stereocenters. The van der Waals surface area contributed by atoms with Crippen LogP contribution < -0.4 is 5.32 Å². The average molecular weight is 272 g/mol. The van der Waals surface area contributed by atoms with Gasteiger partial charge in [-0.25, -0.2) is 0 Å². The van der Waals surface area contributed by atoms with E-state index in [0.29, 0.717) is 6.04 Å². The molecule has 0 aliphatic carbocycles. The van der Waals surface area contributed by atoms with Crippen molar-refractivity contribution in [2.45, 2.75) is 46.2 Å². The van der Waals surface area contributed by atoms with Gasteiger partial charge in [-0.1, -0.05) is 6.92 Å². The summed E-state index contributed by atoms with van der Waals surface area (Å²) >= 11 is 0. The maximum absolute atomic E-state index is 4.53. The number of hydrogen-bond acceptors (Lipinski definition) is 3. The Kier molecular flexibility index (Phi) is 4.90. The first-order valence-corrected chi connectivity index (χ1v) is 7.32. The molecule has 2 aromatic rings. The van der Waals surface area contributed by atoms with Crippen LogP contribution in [0.15, 0.2) is 24.5 Å². The maximum atomic E-state index is 4.53. The van der Waals surface area contributed by atoms with Gasteiger partial charge in [0, 0.05) is 37.1 Å². The second kappa shape index (κ2) is 6.66. The zero-order chi connectivity index (χ0) is 14.5. The number of aromatic nitrogens is 3. The molecule has 108 valence electrons. The summed E-state index contributed by atoms with van der Waals surface area (Å²) in [4.78, 5) is 4.23. The van der Waals surface area contributed by atoms with E-state index in [-0.39, 0.29) is 0 Å². The summed E-state index contributed by atoms with van der Waals surface area (Å²) in [6.07, 6.45) is 5.80. The fourth-order valence-corrected chi connectivity index (χ4v) is 2.69. The standard InChI is InChI=1S/C16H24N4/c1-5-13-11-18-8-7-15(13)16(17-4)10-14-9-12(3)19-20(14)6-2/h7-9,11,16-17H,5-6,10H2,1-4H3. The minimum atomic E-state index is 0.300. The number of nitrogens with one attached hydrogen (secondary N) is 1. The minimum Gasteiger partial charge on any atom is -0.313 e. The van der Waals surface area contributed by atoms with E-state index in [0.717, 1.165) is 25.1 Å². The van der Waals surface area contributed by atoms with Crippen molar-refractivity contribution in [2.24, 2.45) is 0 Å². The van der Waals surface area contributed by atoms with Crippen molar-refractivity contribution in [1.29, 1.82) is 0 Å². The van der Waals surface area contributed by atoms with Gasteiger partial charge in [-0.3, -0.25) is 9.67 Å². The lowest BCUT2D eigenvalue weighted by Gasteiger charge is -2.19. The van der Waals surface area contributed by atoms with E-state index in [2.05, 4.69) is 46.1 Å². The molecule has 0 spiro atoms. The van der Waals surface area contributed by atoms with E-state index in [1.165, 1.54) is 16.8 Å². The zero-order valence-corrected chi connectivity index (χ0v) is 12.8. The van der Waals surface area contributed by atoms with Crippen LogP contribution in [0.5, 0.6) is 0 Å². The summed E-state index contributed by atoms with van der Waals surface area (Å²) in [7, 11) is 2.02. The van der Waals surface area contributed by atoms with Gasteiger partial charge < -0.3 is 5.32 Å². The lowest BCUT2D eigenvalue weighted by molar-refractivity contribution is 0.538. The van der Waals surface area contributed by atoms with Crippen LogP contribution in [0.1, 0.15) is 42.4 Å². The largest absolute Gasteiger partial charge is 0.313 e. The second-order valence-corrected chi connectivity index (χ2v) is 5.07. The molecular formula is C16H24N4. The van der Waals surface area contributed by atoms with E-state index in [1.807, 2.05) is 26.4 Å². The highest BCUT2D eigenvalue weighted by Gasteiger charge is 2.16. The van der Waals surface area contributed by atoms with Crippen LogP contribution in [-0.2, 0) is 19.4 Å². The number of rotatable bonds is 6. The van der Waals surface area contributed by atoms with Gasteiger partial charge in [-0.2, -0.15) is 5.10 Å². The van der Waals surface area contributed by atoms with Crippen molar-refractivity contribution in [2.75, 3.05) is 7.05 Å². The summed E-state index contributed by atoms with van der Waals surface area (Å²) in [5, 5.41) is 7.96. The molecule has 2 heterocycles. The van der Waals surface area contributed by atoms with E-state index >= 15 is 0 Å². The van der Waals surface area contributed by atoms with Crippen LogP contribution in [0.3, 0.4) is 0 Å². The molecule has 20 heavy (non-hydrogen) atoms. The van der Waals surface area contributed by atoms with Crippen molar-refractivity contribution in [1.82, 2.24) is 20.1 Å². The molecule has 0 bridgehead atoms. The maximum Gasteiger partial charge on any atom is 0.0596 e. The van der Waals surface area contributed by atoms with E-state index in [1.54, 1.807) is 0 Å².